The average Bonchev–Trinajstić information content (AvgIpc) is 3.49. The molecule has 4 heterocycles. The van der Waals surface area contributed by atoms with Gasteiger partial charge >= 0.3 is 0 Å². The molecule has 37 heavy (non-hydrogen) atoms. The molecule has 2 N–H and O–H groups in total. The van der Waals surface area contributed by atoms with E-state index in [1.807, 2.05) is 19.9 Å². The van der Waals surface area contributed by atoms with Gasteiger partial charge in [0.05, 0.1) is 22.3 Å². The van der Waals surface area contributed by atoms with Crippen LogP contribution in [0.1, 0.15) is 57.3 Å². The van der Waals surface area contributed by atoms with Gasteiger partial charge in [0.2, 0.25) is 0 Å². The van der Waals surface area contributed by atoms with Crippen LogP contribution in [-0.4, -0.2) is 37.5 Å². The van der Waals surface area contributed by atoms with E-state index >= 15 is 0 Å². The molecule has 1 aliphatic carbocycles. The quantitative estimate of drug-likeness (QED) is 0.319. The Bertz CT molecular complexity index is 1560. The maximum Gasteiger partial charge on any atom is 0.164 e. The lowest BCUT2D eigenvalue weighted by molar-refractivity contribution is -0.147. The number of fused-ring (bicyclic) bond motifs is 3. The largest absolute Gasteiger partial charge is 0.382 e. The van der Waals surface area contributed by atoms with Gasteiger partial charge in [-0.15, -0.1) is 0 Å². The summed E-state index contributed by atoms with van der Waals surface area (Å²) in [7, 11) is 0. The van der Waals surface area contributed by atoms with Crippen molar-refractivity contribution in [1.29, 1.82) is 0 Å². The molecule has 192 valence electrons. The number of aromatic nitrogens is 4. The Morgan fingerprint density at radius 2 is 1.95 bits per heavy atom. The molecule has 0 amide bonds. The van der Waals surface area contributed by atoms with Crippen molar-refractivity contribution in [2.24, 2.45) is 0 Å². The third-order valence-electron chi connectivity index (χ3n) is 7.25. The maximum atomic E-state index is 14.8. The molecule has 0 unspecified atom stereocenters. The number of aryl methyl sites for hydroxylation is 1. The second-order valence-corrected chi connectivity index (χ2v) is 11.0. The fraction of sp³-hybridized carbons (Fsp3) is 0.393. The van der Waals surface area contributed by atoms with Gasteiger partial charge in [0.1, 0.15) is 35.8 Å². The van der Waals surface area contributed by atoms with Crippen molar-refractivity contribution in [2.75, 3.05) is 5.73 Å². The van der Waals surface area contributed by atoms with Gasteiger partial charge in [0, 0.05) is 17.0 Å². The van der Waals surface area contributed by atoms with Gasteiger partial charge in [-0.3, -0.25) is 0 Å². The highest BCUT2D eigenvalue weighted by Gasteiger charge is 2.50. The summed E-state index contributed by atoms with van der Waals surface area (Å²) < 4.78 is 29.7. The molecule has 3 aromatic heterocycles. The van der Waals surface area contributed by atoms with Crippen LogP contribution < -0.4 is 5.73 Å². The standard InChI is InChI=1S/C28H29ClFN5O2/c1-14(2)23-17-7-8-35(27(17)33-13-32-23)22-11-16(24-25(22)37-28(3,4)36-24)6-5-15-9-20(30)18-12-19(29)26(31)34-21(18)10-15/h7-14,22,24-25H,5-6H2,1-4H3,(H2,31,34)/t22-,24-,25+/m1/s1. The summed E-state index contributed by atoms with van der Waals surface area (Å²) in [6.07, 6.45) is 6.83. The summed E-state index contributed by atoms with van der Waals surface area (Å²) >= 11 is 6.04. The van der Waals surface area contributed by atoms with Crippen LogP contribution in [0.3, 0.4) is 0 Å². The smallest absolute Gasteiger partial charge is 0.164 e. The second-order valence-electron chi connectivity index (χ2n) is 10.6. The molecule has 1 saturated heterocycles. The number of anilines is 1. The van der Waals surface area contributed by atoms with Crippen LogP contribution in [-0.2, 0) is 15.9 Å². The van der Waals surface area contributed by atoms with E-state index in [1.165, 1.54) is 6.07 Å². The molecule has 7 nitrogen and oxygen atoms in total. The molecule has 6 rings (SSSR count). The minimum Gasteiger partial charge on any atom is -0.382 e. The van der Waals surface area contributed by atoms with Gasteiger partial charge in [-0.1, -0.05) is 31.5 Å². The Morgan fingerprint density at radius 3 is 2.73 bits per heavy atom. The summed E-state index contributed by atoms with van der Waals surface area (Å²) in [6, 6.07) is 6.94. The third kappa shape index (κ3) is 4.17. The third-order valence-corrected chi connectivity index (χ3v) is 7.55. The maximum absolute atomic E-state index is 14.8. The number of rotatable bonds is 5. The first kappa shape index (κ1) is 24.3. The predicted molar refractivity (Wildman–Crippen MR) is 142 cm³/mol. The second kappa shape index (κ2) is 8.75. The van der Waals surface area contributed by atoms with Crippen molar-refractivity contribution >= 4 is 39.4 Å². The number of pyridine rings is 1. The van der Waals surface area contributed by atoms with Crippen LogP contribution in [0.2, 0.25) is 5.02 Å². The molecule has 4 aromatic rings. The summed E-state index contributed by atoms with van der Waals surface area (Å²) in [5, 5.41) is 1.66. The van der Waals surface area contributed by atoms with E-state index in [9.17, 15) is 4.39 Å². The number of nitrogens with zero attached hydrogens (tertiary/aromatic N) is 4. The highest BCUT2D eigenvalue weighted by Crippen LogP contribution is 2.45. The van der Waals surface area contributed by atoms with E-state index in [0.717, 1.165) is 27.9 Å². The van der Waals surface area contributed by atoms with Crippen LogP contribution in [0.4, 0.5) is 10.2 Å². The van der Waals surface area contributed by atoms with Crippen molar-refractivity contribution in [1.82, 2.24) is 19.5 Å². The number of ether oxygens (including phenoxy) is 2. The van der Waals surface area contributed by atoms with Gasteiger partial charge in [0.15, 0.2) is 5.79 Å². The number of nitrogen functional groups attached to an aromatic ring is 1. The molecule has 1 fully saturated rings. The van der Waals surface area contributed by atoms with E-state index in [2.05, 4.69) is 51.7 Å². The van der Waals surface area contributed by atoms with E-state index < -0.39 is 5.79 Å². The molecule has 0 radical (unpaired) electrons. The van der Waals surface area contributed by atoms with Crippen LogP contribution in [0.15, 0.2) is 48.4 Å². The lowest BCUT2D eigenvalue weighted by Crippen LogP contribution is -2.28. The van der Waals surface area contributed by atoms with Crippen LogP contribution in [0, 0.1) is 5.82 Å². The molecular formula is C28H29ClFN5O2. The minimum absolute atomic E-state index is 0.0777. The topological polar surface area (TPSA) is 88.1 Å². The zero-order valence-electron chi connectivity index (χ0n) is 21.2. The first-order chi connectivity index (χ1) is 17.6. The van der Waals surface area contributed by atoms with Crippen LogP contribution in [0.25, 0.3) is 21.9 Å². The average molecular weight is 522 g/mol. The monoisotopic (exact) mass is 521 g/mol. The Balaban J connectivity index is 1.33. The Kier molecular flexibility index (Phi) is 5.74. The Labute approximate surface area is 219 Å². The number of halogens is 2. The molecule has 3 atom stereocenters. The summed E-state index contributed by atoms with van der Waals surface area (Å²) in [5.41, 5.74) is 10.2. The Hall–Kier alpha value is -3.07. The SMILES string of the molecule is CC(C)c1ncnc2c1ccn2[C@@H]1C=C(CCc2cc(F)c3cc(Cl)c(N)nc3c2)[C@H]2OC(C)(C)O[C@H]21. The van der Waals surface area contributed by atoms with Crippen molar-refractivity contribution < 1.29 is 13.9 Å². The van der Waals surface area contributed by atoms with Gasteiger partial charge < -0.3 is 19.8 Å². The zero-order chi connectivity index (χ0) is 26.1. The van der Waals surface area contributed by atoms with Crippen LogP contribution >= 0.6 is 11.6 Å². The predicted octanol–water partition coefficient (Wildman–Crippen LogP) is 6.11. The van der Waals surface area contributed by atoms with Gasteiger partial charge in [-0.05, 0) is 68.0 Å². The number of nitrogens with two attached hydrogens (primary N) is 1. The van der Waals surface area contributed by atoms with Crippen LogP contribution in [0.5, 0.6) is 0 Å². The first-order valence-electron chi connectivity index (χ1n) is 12.5. The van der Waals surface area contributed by atoms with Crippen molar-refractivity contribution in [3.63, 3.8) is 0 Å². The highest BCUT2D eigenvalue weighted by molar-refractivity contribution is 6.33. The molecule has 2 aliphatic rings. The van der Waals surface area contributed by atoms with E-state index in [1.54, 1.807) is 12.4 Å². The van der Waals surface area contributed by atoms with E-state index in [0.29, 0.717) is 23.7 Å². The van der Waals surface area contributed by atoms with E-state index in [-0.39, 0.29) is 40.8 Å². The summed E-state index contributed by atoms with van der Waals surface area (Å²) in [6.45, 7) is 8.14. The molecule has 0 spiro atoms. The first-order valence-corrected chi connectivity index (χ1v) is 12.9. The van der Waals surface area contributed by atoms with E-state index in [4.69, 9.17) is 26.8 Å². The lowest BCUT2D eigenvalue weighted by atomic mass is 10.0. The van der Waals surface area contributed by atoms with Gasteiger partial charge in [-0.2, -0.15) is 0 Å². The van der Waals surface area contributed by atoms with Gasteiger partial charge in [-0.25, -0.2) is 19.3 Å². The molecule has 9 heteroatoms. The zero-order valence-corrected chi connectivity index (χ0v) is 22.0. The molecule has 1 aromatic carbocycles. The molecule has 0 saturated carbocycles. The molecular weight excluding hydrogens is 493 g/mol. The van der Waals surface area contributed by atoms with Crippen molar-refractivity contribution in [3.8, 4) is 0 Å². The minimum atomic E-state index is -0.704. The summed E-state index contributed by atoms with van der Waals surface area (Å²) in [4.78, 5) is 13.4. The number of benzene rings is 1. The fourth-order valence-corrected chi connectivity index (χ4v) is 5.75. The molecule has 1 aliphatic heterocycles. The summed E-state index contributed by atoms with van der Waals surface area (Å²) in [5.74, 6) is -0.586. The molecule has 0 bridgehead atoms. The number of hydrogen-bond donors (Lipinski definition) is 1. The lowest BCUT2D eigenvalue weighted by Gasteiger charge is -2.22. The number of hydrogen-bond acceptors (Lipinski definition) is 6. The van der Waals surface area contributed by atoms with Crippen molar-refractivity contribution in [3.05, 3.63) is 70.5 Å². The normalized spacial score (nSPS) is 22.8. The fourth-order valence-electron chi connectivity index (χ4n) is 5.60. The Morgan fingerprint density at radius 1 is 1.14 bits per heavy atom. The van der Waals surface area contributed by atoms with Crippen molar-refractivity contribution in [2.45, 2.75) is 70.5 Å². The van der Waals surface area contributed by atoms with Gasteiger partial charge in [0.25, 0.3) is 0 Å². The highest BCUT2D eigenvalue weighted by atomic mass is 35.5.